The highest BCUT2D eigenvalue weighted by molar-refractivity contribution is 14.1. The van der Waals surface area contributed by atoms with E-state index in [4.69, 9.17) is 0 Å². The number of nitrogens with zero attached hydrogens (tertiary/aromatic N) is 1. The Labute approximate surface area is 143 Å². The largest absolute Gasteiger partial charge is 0.333 e. The summed E-state index contributed by atoms with van der Waals surface area (Å²) in [5.41, 5.74) is 2.57. The molecule has 0 heterocycles. The molecule has 0 atom stereocenters. The SMILES string of the molecule is Cc1cc(I)ccc1NC(=O)C(=O)N(C)Cc1ccccc1. The number of carbonyl (C=O) groups is 2. The van der Waals surface area contributed by atoms with E-state index >= 15 is 0 Å². The van der Waals surface area contributed by atoms with E-state index in [1.54, 1.807) is 13.1 Å². The van der Waals surface area contributed by atoms with Crippen LogP contribution < -0.4 is 5.32 Å². The summed E-state index contributed by atoms with van der Waals surface area (Å²) in [4.78, 5) is 25.6. The number of carbonyl (C=O) groups excluding carboxylic acids is 2. The quantitative estimate of drug-likeness (QED) is 0.627. The van der Waals surface area contributed by atoms with Crippen molar-refractivity contribution in [3.8, 4) is 0 Å². The fraction of sp³-hybridized carbons (Fsp3) is 0.176. The Hall–Kier alpha value is -1.89. The van der Waals surface area contributed by atoms with Crippen LogP contribution in [-0.2, 0) is 16.1 Å². The zero-order chi connectivity index (χ0) is 16.1. The Morgan fingerprint density at radius 1 is 1.14 bits per heavy atom. The highest BCUT2D eigenvalue weighted by Crippen LogP contribution is 2.17. The maximum Gasteiger partial charge on any atom is 0.313 e. The van der Waals surface area contributed by atoms with Gasteiger partial charge in [-0.3, -0.25) is 9.59 Å². The van der Waals surface area contributed by atoms with E-state index in [0.29, 0.717) is 12.2 Å². The summed E-state index contributed by atoms with van der Waals surface area (Å²) in [6.45, 7) is 2.30. The van der Waals surface area contributed by atoms with Gasteiger partial charge in [0.05, 0.1) is 0 Å². The molecule has 0 spiro atoms. The van der Waals surface area contributed by atoms with Crippen LogP contribution >= 0.6 is 22.6 Å². The second-order valence-corrected chi connectivity index (χ2v) is 6.31. The van der Waals surface area contributed by atoms with Gasteiger partial charge in [-0.05, 0) is 58.8 Å². The van der Waals surface area contributed by atoms with Crippen LogP contribution in [0.15, 0.2) is 48.5 Å². The van der Waals surface area contributed by atoms with Gasteiger partial charge in [0.15, 0.2) is 0 Å². The molecular formula is C17H17IN2O2. The fourth-order valence-corrected chi connectivity index (χ4v) is 2.69. The molecule has 2 aromatic carbocycles. The average Bonchev–Trinajstić information content (AvgIpc) is 2.50. The number of anilines is 1. The summed E-state index contributed by atoms with van der Waals surface area (Å²) >= 11 is 2.20. The first-order valence-corrected chi connectivity index (χ1v) is 7.92. The van der Waals surface area contributed by atoms with E-state index < -0.39 is 11.8 Å². The van der Waals surface area contributed by atoms with Crippen molar-refractivity contribution >= 4 is 40.1 Å². The topological polar surface area (TPSA) is 49.4 Å². The molecule has 0 aromatic heterocycles. The van der Waals surface area contributed by atoms with E-state index in [9.17, 15) is 9.59 Å². The van der Waals surface area contributed by atoms with Gasteiger partial charge >= 0.3 is 11.8 Å². The smallest absolute Gasteiger partial charge is 0.313 e. The maximum absolute atomic E-state index is 12.1. The molecule has 0 saturated carbocycles. The minimum Gasteiger partial charge on any atom is -0.333 e. The molecule has 0 unspecified atom stereocenters. The van der Waals surface area contributed by atoms with Crippen molar-refractivity contribution in [1.29, 1.82) is 0 Å². The van der Waals surface area contributed by atoms with Crippen LogP contribution in [0.1, 0.15) is 11.1 Å². The normalized spacial score (nSPS) is 10.1. The third-order valence-corrected chi connectivity index (χ3v) is 3.91. The van der Waals surface area contributed by atoms with Crippen molar-refractivity contribution in [3.63, 3.8) is 0 Å². The molecule has 22 heavy (non-hydrogen) atoms. The molecule has 0 bridgehead atoms. The number of benzene rings is 2. The van der Waals surface area contributed by atoms with Crippen molar-refractivity contribution in [2.45, 2.75) is 13.5 Å². The van der Waals surface area contributed by atoms with E-state index in [-0.39, 0.29) is 0 Å². The molecule has 0 aliphatic heterocycles. The molecule has 2 rings (SSSR count). The summed E-state index contributed by atoms with van der Waals surface area (Å²) < 4.78 is 1.08. The molecule has 114 valence electrons. The Morgan fingerprint density at radius 3 is 2.45 bits per heavy atom. The highest BCUT2D eigenvalue weighted by atomic mass is 127. The maximum atomic E-state index is 12.1. The minimum absolute atomic E-state index is 0.402. The van der Waals surface area contributed by atoms with Gasteiger partial charge in [-0.15, -0.1) is 0 Å². The Balaban J connectivity index is 2.01. The van der Waals surface area contributed by atoms with Crippen molar-refractivity contribution < 1.29 is 9.59 Å². The van der Waals surface area contributed by atoms with Gasteiger partial charge in [-0.25, -0.2) is 0 Å². The molecule has 0 radical (unpaired) electrons. The van der Waals surface area contributed by atoms with E-state index in [2.05, 4.69) is 27.9 Å². The first kappa shape index (κ1) is 16.5. The van der Waals surface area contributed by atoms with Gasteiger partial charge in [0.2, 0.25) is 0 Å². The van der Waals surface area contributed by atoms with Crippen LogP contribution in [0.3, 0.4) is 0 Å². The van der Waals surface area contributed by atoms with Crippen LogP contribution in [-0.4, -0.2) is 23.8 Å². The Kier molecular flexibility index (Phi) is 5.54. The van der Waals surface area contributed by atoms with Crippen molar-refractivity contribution in [3.05, 3.63) is 63.2 Å². The third-order valence-electron chi connectivity index (χ3n) is 3.24. The first-order valence-electron chi connectivity index (χ1n) is 6.84. The summed E-state index contributed by atoms with van der Waals surface area (Å²) in [6, 6.07) is 15.2. The summed E-state index contributed by atoms with van der Waals surface area (Å²) in [5.74, 6) is -1.18. The van der Waals surface area contributed by atoms with Crippen molar-refractivity contribution in [2.75, 3.05) is 12.4 Å². The lowest BCUT2D eigenvalue weighted by Gasteiger charge is -2.17. The molecule has 2 aromatic rings. The molecule has 4 nitrogen and oxygen atoms in total. The number of amides is 2. The highest BCUT2D eigenvalue weighted by Gasteiger charge is 2.19. The summed E-state index contributed by atoms with van der Waals surface area (Å²) in [6.07, 6.45) is 0. The molecule has 5 heteroatoms. The molecule has 0 fully saturated rings. The molecular weight excluding hydrogens is 391 g/mol. The second kappa shape index (κ2) is 7.40. The number of nitrogens with one attached hydrogen (secondary N) is 1. The fourth-order valence-electron chi connectivity index (χ4n) is 2.05. The summed E-state index contributed by atoms with van der Waals surface area (Å²) in [7, 11) is 1.62. The lowest BCUT2D eigenvalue weighted by Crippen LogP contribution is -2.36. The van der Waals surface area contributed by atoms with Crippen molar-refractivity contribution in [1.82, 2.24) is 4.90 Å². The molecule has 0 aliphatic carbocycles. The van der Waals surface area contributed by atoms with E-state index in [1.807, 2.05) is 49.4 Å². The predicted octanol–water partition coefficient (Wildman–Crippen LogP) is 3.20. The zero-order valence-corrected chi connectivity index (χ0v) is 14.6. The van der Waals surface area contributed by atoms with Gasteiger partial charge < -0.3 is 10.2 Å². The van der Waals surface area contributed by atoms with Gasteiger partial charge in [0, 0.05) is 22.8 Å². The molecule has 2 amide bonds. The van der Waals surface area contributed by atoms with Crippen LogP contribution in [0.5, 0.6) is 0 Å². The van der Waals surface area contributed by atoms with Gasteiger partial charge in [-0.2, -0.15) is 0 Å². The van der Waals surface area contributed by atoms with Crippen LogP contribution in [0.4, 0.5) is 5.69 Å². The van der Waals surface area contributed by atoms with Crippen molar-refractivity contribution in [2.24, 2.45) is 0 Å². The Morgan fingerprint density at radius 2 is 1.82 bits per heavy atom. The molecule has 0 aliphatic rings. The Bertz CT molecular complexity index is 686. The number of hydrogen-bond acceptors (Lipinski definition) is 2. The lowest BCUT2D eigenvalue weighted by molar-refractivity contribution is -0.142. The van der Waals surface area contributed by atoms with Gasteiger partial charge in [0.25, 0.3) is 0 Å². The molecule has 0 saturated heterocycles. The first-order chi connectivity index (χ1) is 10.5. The second-order valence-electron chi connectivity index (χ2n) is 5.06. The number of rotatable bonds is 3. The number of halogens is 1. The predicted molar refractivity (Wildman–Crippen MR) is 95.4 cm³/mol. The average molecular weight is 408 g/mol. The monoisotopic (exact) mass is 408 g/mol. The molecule has 1 N–H and O–H groups in total. The summed E-state index contributed by atoms with van der Waals surface area (Å²) in [5, 5.41) is 2.67. The number of likely N-dealkylation sites (N-methyl/N-ethyl adjacent to an activating group) is 1. The lowest BCUT2D eigenvalue weighted by atomic mass is 10.2. The van der Waals surface area contributed by atoms with E-state index in [0.717, 1.165) is 14.7 Å². The van der Waals surface area contributed by atoms with Crippen LogP contribution in [0, 0.1) is 10.5 Å². The van der Waals surface area contributed by atoms with Crippen LogP contribution in [0.2, 0.25) is 0 Å². The van der Waals surface area contributed by atoms with Gasteiger partial charge in [-0.1, -0.05) is 30.3 Å². The van der Waals surface area contributed by atoms with Crippen LogP contribution in [0.25, 0.3) is 0 Å². The van der Waals surface area contributed by atoms with Gasteiger partial charge in [0.1, 0.15) is 0 Å². The standard InChI is InChI=1S/C17H17IN2O2/c1-12-10-14(18)8-9-15(12)19-16(21)17(22)20(2)11-13-6-4-3-5-7-13/h3-10H,11H2,1-2H3,(H,19,21). The third kappa shape index (κ3) is 4.30. The number of aryl methyl sites for hydroxylation is 1. The van der Waals surface area contributed by atoms with E-state index in [1.165, 1.54) is 4.90 Å². The number of hydrogen-bond donors (Lipinski definition) is 1. The minimum atomic E-state index is -0.622. The zero-order valence-electron chi connectivity index (χ0n) is 12.5.